The van der Waals surface area contributed by atoms with E-state index >= 15 is 0 Å². The van der Waals surface area contributed by atoms with E-state index in [4.69, 9.17) is 4.74 Å². The van der Waals surface area contributed by atoms with Crippen molar-refractivity contribution in [2.75, 3.05) is 39.4 Å². The van der Waals surface area contributed by atoms with Crippen molar-refractivity contribution in [2.45, 2.75) is 19.5 Å². The van der Waals surface area contributed by atoms with E-state index in [-0.39, 0.29) is 21.5 Å². The van der Waals surface area contributed by atoms with Crippen molar-refractivity contribution in [1.82, 2.24) is 24.8 Å². The minimum atomic E-state index is -4.61. The van der Waals surface area contributed by atoms with Crippen molar-refractivity contribution in [2.24, 2.45) is 0 Å². The van der Waals surface area contributed by atoms with Gasteiger partial charge < -0.3 is 10.1 Å². The van der Waals surface area contributed by atoms with Crippen molar-refractivity contribution >= 4 is 27.5 Å². The predicted octanol–water partition coefficient (Wildman–Crippen LogP) is 2.27. The third-order valence-corrected chi connectivity index (χ3v) is 4.94. The van der Waals surface area contributed by atoms with Gasteiger partial charge in [0.15, 0.2) is 11.3 Å². The maximum Gasteiger partial charge on any atom is 0.433 e. The second-order valence-corrected chi connectivity index (χ2v) is 7.03. The topological polar surface area (TPSA) is 71.8 Å². The number of fused-ring (bicyclic) bond motifs is 1. The Kier molecular flexibility index (Phi) is 6.02. The van der Waals surface area contributed by atoms with E-state index in [0.717, 1.165) is 32.1 Å². The minimum absolute atomic E-state index is 0.0409. The number of nitrogens with one attached hydrogen (secondary N) is 1. The molecule has 1 aliphatic rings. The molecule has 11 heteroatoms. The monoisotopic (exact) mass is 449 g/mol. The van der Waals surface area contributed by atoms with Gasteiger partial charge in [-0.05, 0) is 41.9 Å². The van der Waals surface area contributed by atoms with Gasteiger partial charge in [0, 0.05) is 25.3 Å². The van der Waals surface area contributed by atoms with Crippen LogP contribution in [-0.2, 0) is 10.9 Å². The average molecular weight is 450 g/mol. The van der Waals surface area contributed by atoms with Crippen LogP contribution in [0.5, 0.6) is 0 Å². The SMILES string of the molecule is Cc1cc(C(F)(F)F)n2nc(C(=O)NCCCN3CCOCC3)c(Br)c2n1. The smallest absolute Gasteiger partial charge is 0.379 e. The third kappa shape index (κ3) is 4.58. The molecule has 1 saturated heterocycles. The Morgan fingerprint density at radius 3 is 2.74 bits per heavy atom. The molecule has 27 heavy (non-hydrogen) atoms. The third-order valence-electron chi connectivity index (χ3n) is 4.21. The molecule has 2 aromatic heterocycles. The van der Waals surface area contributed by atoms with E-state index in [0.29, 0.717) is 24.3 Å². The molecule has 7 nitrogen and oxygen atoms in total. The average Bonchev–Trinajstić information content (AvgIpc) is 2.95. The minimum Gasteiger partial charge on any atom is -0.379 e. The van der Waals surface area contributed by atoms with Crippen LogP contribution in [0.3, 0.4) is 0 Å². The zero-order chi connectivity index (χ0) is 19.6. The second-order valence-electron chi connectivity index (χ2n) is 6.24. The Morgan fingerprint density at radius 1 is 1.37 bits per heavy atom. The number of morpholine rings is 1. The molecule has 0 atom stereocenters. The van der Waals surface area contributed by atoms with Gasteiger partial charge in [-0.15, -0.1) is 0 Å². The van der Waals surface area contributed by atoms with Gasteiger partial charge in [0.1, 0.15) is 5.69 Å². The summed E-state index contributed by atoms with van der Waals surface area (Å²) in [5, 5.41) is 6.54. The molecule has 0 aliphatic carbocycles. The van der Waals surface area contributed by atoms with Crippen LogP contribution in [0.2, 0.25) is 0 Å². The molecule has 1 aliphatic heterocycles. The van der Waals surface area contributed by atoms with Crippen LogP contribution in [0.25, 0.3) is 5.65 Å². The lowest BCUT2D eigenvalue weighted by atomic mass is 10.3. The quantitative estimate of drug-likeness (QED) is 0.708. The zero-order valence-electron chi connectivity index (χ0n) is 14.6. The molecule has 3 heterocycles. The Morgan fingerprint density at radius 2 is 2.07 bits per heavy atom. The standard InChI is InChI=1S/C16H19BrF3N5O2/c1-10-9-11(16(18,19)20)25-14(22-10)12(17)13(23-25)15(26)21-3-2-4-24-5-7-27-8-6-24/h9H,2-8H2,1H3,(H,21,26). The Bertz CT molecular complexity index is 834. The van der Waals surface area contributed by atoms with Gasteiger partial charge >= 0.3 is 6.18 Å². The number of carbonyl (C=O) groups excluding carboxylic acids is 1. The molecular formula is C16H19BrF3N5O2. The predicted molar refractivity (Wildman–Crippen MR) is 94.6 cm³/mol. The molecule has 3 rings (SSSR count). The van der Waals surface area contributed by atoms with Gasteiger partial charge in [-0.25, -0.2) is 9.50 Å². The summed E-state index contributed by atoms with van der Waals surface area (Å²) in [6, 6.07) is 0.899. The first kappa shape index (κ1) is 20.0. The van der Waals surface area contributed by atoms with Gasteiger partial charge in [0.2, 0.25) is 0 Å². The first-order chi connectivity index (χ1) is 12.8. The summed E-state index contributed by atoms with van der Waals surface area (Å²) < 4.78 is 45.8. The number of alkyl halides is 3. The van der Waals surface area contributed by atoms with Gasteiger partial charge in [-0.3, -0.25) is 9.69 Å². The fraction of sp³-hybridized carbons (Fsp3) is 0.562. The van der Waals surface area contributed by atoms with E-state index in [9.17, 15) is 18.0 Å². The Hall–Kier alpha value is -1.72. The van der Waals surface area contributed by atoms with E-state index < -0.39 is 17.8 Å². The number of amides is 1. The summed E-state index contributed by atoms with van der Waals surface area (Å²) in [6.07, 6.45) is -3.88. The highest BCUT2D eigenvalue weighted by molar-refractivity contribution is 9.10. The van der Waals surface area contributed by atoms with Crippen molar-refractivity contribution in [3.8, 4) is 0 Å². The Labute approximate surface area is 162 Å². The van der Waals surface area contributed by atoms with Crippen LogP contribution in [0.1, 0.15) is 28.3 Å². The fourth-order valence-corrected chi connectivity index (χ4v) is 3.39. The molecule has 148 valence electrons. The Balaban J connectivity index is 1.70. The number of hydrogen-bond acceptors (Lipinski definition) is 5. The molecule has 0 spiro atoms. The maximum absolute atomic E-state index is 13.2. The first-order valence-electron chi connectivity index (χ1n) is 8.49. The van der Waals surface area contributed by atoms with Crippen molar-refractivity contribution in [3.63, 3.8) is 0 Å². The summed E-state index contributed by atoms with van der Waals surface area (Å²) in [4.78, 5) is 18.7. The summed E-state index contributed by atoms with van der Waals surface area (Å²) in [6.45, 7) is 5.79. The lowest BCUT2D eigenvalue weighted by molar-refractivity contribution is -0.142. The molecule has 1 fully saturated rings. The number of hydrogen-bond donors (Lipinski definition) is 1. The number of nitrogens with zero attached hydrogens (tertiary/aromatic N) is 4. The maximum atomic E-state index is 13.2. The van der Waals surface area contributed by atoms with Crippen LogP contribution in [0.15, 0.2) is 10.5 Å². The molecule has 0 radical (unpaired) electrons. The normalized spacial score (nSPS) is 16.0. The van der Waals surface area contributed by atoms with Gasteiger partial charge in [0.05, 0.1) is 17.7 Å². The summed E-state index contributed by atoms with van der Waals surface area (Å²) in [5.74, 6) is -0.542. The van der Waals surface area contributed by atoms with Gasteiger partial charge in [-0.2, -0.15) is 18.3 Å². The number of halogens is 4. The molecule has 2 aromatic rings. The fourth-order valence-electron chi connectivity index (χ4n) is 2.87. The molecule has 1 amide bonds. The van der Waals surface area contributed by atoms with Gasteiger partial charge in [-0.1, -0.05) is 0 Å². The van der Waals surface area contributed by atoms with Crippen LogP contribution >= 0.6 is 15.9 Å². The van der Waals surface area contributed by atoms with E-state index in [1.807, 2.05) is 0 Å². The number of ether oxygens (including phenoxy) is 1. The van der Waals surface area contributed by atoms with Crippen molar-refractivity contribution in [1.29, 1.82) is 0 Å². The van der Waals surface area contributed by atoms with Crippen molar-refractivity contribution in [3.05, 3.63) is 27.6 Å². The molecule has 0 aromatic carbocycles. The zero-order valence-corrected chi connectivity index (χ0v) is 16.2. The van der Waals surface area contributed by atoms with Crippen LogP contribution in [0, 0.1) is 6.92 Å². The largest absolute Gasteiger partial charge is 0.433 e. The van der Waals surface area contributed by atoms with E-state index in [1.54, 1.807) is 0 Å². The van der Waals surface area contributed by atoms with Crippen molar-refractivity contribution < 1.29 is 22.7 Å². The lowest BCUT2D eigenvalue weighted by Crippen LogP contribution is -2.38. The molecule has 0 unspecified atom stereocenters. The molecule has 0 bridgehead atoms. The highest BCUT2D eigenvalue weighted by atomic mass is 79.9. The number of aromatic nitrogens is 3. The van der Waals surface area contributed by atoms with Crippen LogP contribution in [0.4, 0.5) is 13.2 Å². The molecular weight excluding hydrogens is 431 g/mol. The summed E-state index contributed by atoms with van der Waals surface area (Å²) in [7, 11) is 0. The summed E-state index contributed by atoms with van der Waals surface area (Å²) in [5.41, 5.74) is -0.948. The van der Waals surface area contributed by atoms with E-state index in [2.05, 4.69) is 36.2 Å². The molecule has 0 saturated carbocycles. The summed E-state index contributed by atoms with van der Waals surface area (Å²) >= 11 is 3.16. The molecule has 1 N–H and O–H groups in total. The number of rotatable bonds is 5. The number of carbonyl (C=O) groups is 1. The second kappa shape index (κ2) is 8.11. The van der Waals surface area contributed by atoms with Crippen LogP contribution < -0.4 is 5.32 Å². The number of aryl methyl sites for hydroxylation is 1. The van der Waals surface area contributed by atoms with Gasteiger partial charge in [0.25, 0.3) is 5.91 Å². The van der Waals surface area contributed by atoms with E-state index in [1.165, 1.54) is 6.92 Å². The highest BCUT2D eigenvalue weighted by Crippen LogP contribution is 2.32. The first-order valence-corrected chi connectivity index (χ1v) is 9.28. The lowest BCUT2D eigenvalue weighted by Gasteiger charge is -2.26. The van der Waals surface area contributed by atoms with Crippen LogP contribution in [-0.4, -0.2) is 64.8 Å². The highest BCUT2D eigenvalue weighted by Gasteiger charge is 2.36.